The van der Waals surface area contributed by atoms with Gasteiger partial charge in [0.2, 0.25) is 29.4 Å². The maximum atomic E-state index is 17.6. The number of anilines is 2. The van der Waals surface area contributed by atoms with Crippen molar-refractivity contribution in [1.29, 1.82) is 0 Å². The number of benzene rings is 3. The number of alkyl halides is 2. The maximum absolute atomic E-state index is 17.6. The van der Waals surface area contributed by atoms with Gasteiger partial charge in [-0.15, -0.1) is 0 Å². The molecule has 110 heavy (non-hydrogen) atoms. The van der Waals surface area contributed by atoms with Gasteiger partial charge in [-0.25, -0.2) is 23.2 Å². The summed E-state index contributed by atoms with van der Waals surface area (Å²) in [6.45, 7) is 12.8. The van der Waals surface area contributed by atoms with E-state index in [2.05, 4.69) is 33.1 Å². The minimum atomic E-state index is -2.34. The number of likely N-dealkylation sites (N-methyl/N-ethyl adjacent to an activating group) is 2. The molecule has 2 unspecified atom stereocenters. The van der Waals surface area contributed by atoms with Crippen molar-refractivity contribution < 1.29 is 99.7 Å². The summed E-state index contributed by atoms with van der Waals surface area (Å²) in [5.41, 5.74) is 4.07. The van der Waals surface area contributed by atoms with Gasteiger partial charge in [0.25, 0.3) is 0 Å². The fraction of sp³-hybridized carbons (Fsp3) is 0.580. The molecule has 598 valence electrons. The number of rotatable bonds is 41. The highest BCUT2D eigenvalue weighted by Crippen LogP contribution is 2.70. The minimum Gasteiger partial charge on any atom is -0.445 e. The fourth-order valence-electron chi connectivity index (χ4n) is 15.9. The van der Waals surface area contributed by atoms with Gasteiger partial charge in [-0.1, -0.05) is 94.5 Å². The molecule has 0 spiro atoms. The molecule has 3 aromatic carbocycles. The van der Waals surface area contributed by atoms with Crippen LogP contribution in [0, 0.1) is 46.8 Å². The van der Waals surface area contributed by atoms with Gasteiger partial charge < -0.3 is 84.7 Å². The summed E-state index contributed by atoms with van der Waals surface area (Å²) in [5, 5.41) is 22.8. The zero-order valence-corrected chi connectivity index (χ0v) is 63.7. The lowest BCUT2D eigenvalue weighted by atomic mass is 9.48. The number of allylic oxidation sites excluding steroid dienone is 4. The van der Waals surface area contributed by atoms with Gasteiger partial charge in [0.05, 0.1) is 83.3 Å². The summed E-state index contributed by atoms with van der Waals surface area (Å²) in [6.07, 6.45) is -2.08. The molecule has 0 radical (unpaired) electrons. The van der Waals surface area contributed by atoms with Crippen LogP contribution in [0.3, 0.4) is 0 Å². The van der Waals surface area contributed by atoms with Gasteiger partial charge in [-0.3, -0.25) is 33.6 Å². The molecular formula is C81H106F2N8O19. The lowest BCUT2D eigenvalue weighted by Gasteiger charge is -2.59. The highest BCUT2D eigenvalue weighted by molar-refractivity contribution is 6.01. The van der Waals surface area contributed by atoms with Gasteiger partial charge in [-0.05, 0) is 123 Å². The van der Waals surface area contributed by atoms with Gasteiger partial charge in [0, 0.05) is 105 Å². The lowest BCUT2D eigenvalue weighted by Crippen LogP contribution is -2.68. The molecular weight excluding hydrogens is 1430 g/mol. The number of aliphatic hydroxyl groups is 1. The Kier molecular flexibility index (Phi) is 31.1. The number of carbonyl (C=O) groups is 10. The van der Waals surface area contributed by atoms with Crippen LogP contribution in [0.25, 0.3) is 0 Å². The van der Waals surface area contributed by atoms with Crippen LogP contribution in [0.4, 0.5) is 34.5 Å². The second kappa shape index (κ2) is 40.3. The molecule has 3 aromatic rings. The van der Waals surface area contributed by atoms with Gasteiger partial charge in [0.1, 0.15) is 18.4 Å². The Labute approximate surface area is 641 Å². The molecule has 1 saturated heterocycles. The molecule has 12 atom stereocenters. The summed E-state index contributed by atoms with van der Waals surface area (Å²) in [7, 11) is 0. The van der Waals surface area contributed by atoms with Crippen molar-refractivity contribution in [3.63, 3.8) is 0 Å². The van der Waals surface area contributed by atoms with E-state index < -0.39 is 119 Å². The number of carbonyl (C=O) groups excluding carboxylic acids is 10. The van der Waals surface area contributed by atoms with Crippen LogP contribution in [-0.2, 0) is 84.6 Å². The number of primary amides is 1. The topological polar surface area (TPSA) is 349 Å². The van der Waals surface area contributed by atoms with Crippen LogP contribution in [0.2, 0.25) is 0 Å². The van der Waals surface area contributed by atoms with E-state index in [0.29, 0.717) is 62.6 Å². The van der Waals surface area contributed by atoms with Crippen molar-refractivity contribution >= 4 is 70.6 Å². The number of fused-ring (bicyclic) bond motifs is 9. The number of ketones is 3. The lowest BCUT2D eigenvalue weighted by molar-refractivity contribution is -0.223. The van der Waals surface area contributed by atoms with Crippen molar-refractivity contribution in [3.05, 3.63) is 119 Å². The van der Waals surface area contributed by atoms with Crippen LogP contribution in [0.15, 0.2) is 96.6 Å². The second-order valence-corrected chi connectivity index (χ2v) is 29.1. The van der Waals surface area contributed by atoms with E-state index in [1.165, 1.54) is 22.0 Å². The summed E-state index contributed by atoms with van der Waals surface area (Å²) in [4.78, 5) is 137. The molecule has 6 aliphatic rings. The number of urea groups is 1. The second-order valence-electron chi connectivity index (χ2n) is 29.1. The molecule has 3 saturated carbocycles. The predicted molar refractivity (Wildman–Crippen MR) is 400 cm³/mol. The van der Waals surface area contributed by atoms with Gasteiger partial charge >= 0.3 is 18.2 Å². The third kappa shape index (κ3) is 21.1. The average molecular weight is 1530 g/mol. The quantitative estimate of drug-likeness (QED) is 0.0232. The monoisotopic (exact) mass is 1530 g/mol. The number of nitrogens with two attached hydrogens (primary N) is 1. The highest BCUT2D eigenvalue weighted by Gasteiger charge is 2.78. The zero-order chi connectivity index (χ0) is 79.1. The van der Waals surface area contributed by atoms with Crippen LogP contribution in [0.5, 0.6) is 0 Å². The standard InChI is InChI=1S/C81H106F2N8O19/c1-7-15-73-109-69-47-62-63-46-64(82)60-45-59(92)27-28-61(60)80(63,83)67(94)48-79(62,6)81(69,110-73)68(95)51-108-78(102)90(9-3)35-34-89(8-2)77(101)107-50-53-21-25-58(26-22-53)87-75(99)56(19-14-32-86-76(84)100)44-66(93)74(52(4)5)88-71(97)31-36-103-38-40-105-42-43-106-41-39-104-37-33-85-70(96)29-30-72(98)91-49-57-18-11-10-16-54(57)23-24-55-17-12-13-20-65(55)91/h10-13,16-18,20-22,25-28,45,52,56,61-64,67,69,73-74,94H,7-9,14-15,19,29-44,46-51H2,1-6H3,(H,85,96)(H,87,99)(H,88,97)(H3,84,86,100)/t56-,61?,62+,63+,64+,67+,69-,73?,74+,79+,80+,81-/m1/s1. The number of para-hydroxylation sites is 1. The molecule has 4 fully saturated rings. The summed E-state index contributed by atoms with van der Waals surface area (Å²) < 4.78 is 80.3. The highest BCUT2D eigenvalue weighted by atomic mass is 19.1. The third-order valence-corrected chi connectivity index (χ3v) is 21.7. The number of aliphatic hydroxyl groups excluding tert-OH is 1. The maximum Gasteiger partial charge on any atom is 0.410 e. The van der Waals surface area contributed by atoms with Gasteiger partial charge in [0.15, 0.2) is 30.1 Å². The Bertz CT molecular complexity index is 3870. The molecule has 7 N–H and O–H groups in total. The predicted octanol–water partition coefficient (Wildman–Crippen LogP) is 7.89. The molecule has 29 heteroatoms. The Morgan fingerprint density at radius 2 is 1.41 bits per heavy atom. The summed E-state index contributed by atoms with van der Waals surface area (Å²) >= 11 is 0. The van der Waals surface area contributed by atoms with E-state index in [0.717, 1.165) is 22.8 Å². The number of nitrogens with one attached hydrogen (secondary N) is 4. The Morgan fingerprint density at radius 1 is 0.764 bits per heavy atom. The first-order valence-electron chi connectivity index (χ1n) is 38.3. The van der Waals surface area contributed by atoms with E-state index in [4.69, 9.17) is 43.6 Å². The van der Waals surface area contributed by atoms with Gasteiger partial charge in [-0.2, -0.15) is 0 Å². The first-order valence-corrected chi connectivity index (χ1v) is 38.3. The van der Waals surface area contributed by atoms with Crippen LogP contribution in [-0.4, -0.2) is 215 Å². The van der Waals surface area contributed by atoms with E-state index in [9.17, 15) is 53.1 Å². The number of hydrogen-bond donors (Lipinski definition) is 6. The molecule has 0 aromatic heterocycles. The smallest absolute Gasteiger partial charge is 0.410 e. The number of amides is 8. The SMILES string of the molecule is CCCC1O[C@@H]2C[C@H]3[C@@H]4C[C@H](F)C5=CC(=O)C=CC5[C@@]4(F)[C@@H](O)C[C@]3(C)[C@]2(C(=O)COC(=O)N(CC)CCN(CC)C(=O)OCc2ccc(NC(=O)[C@H](CCCNC(N)=O)CC(=O)[C@@H](NC(=O)CCOCCOCCOCCOCCNC(=O)CCC(=O)N3Cc4ccccc4C#Cc4ccccc43)C(C)C)cc2)O1. The van der Waals surface area contributed by atoms with Crippen LogP contribution in [0.1, 0.15) is 134 Å². The Balaban J connectivity index is 0.642. The van der Waals surface area contributed by atoms with E-state index in [-0.39, 0.29) is 159 Å². The minimum absolute atomic E-state index is 0.00651. The van der Waals surface area contributed by atoms with Crippen molar-refractivity contribution in [2.45, 2.75) is 167 Å². The number of Topliss-reactive ketones (excluding diaryl/α,β-unsaturated/α-hetero) is 2. The summed E-state index contributed by atoms with van der Waals surface area (Å²) in [5.74, 6) is -0.583. The van der Waals surface area contributed by atoms with Crippen molar-refractivity contribution in [3.8, 4) is 11.8 Å². The third-order valence-electron chi connectivity index (χ3n) is 21.7. The molecule has 0 bridgehead atoms. The van der Waals surface area contributed by atoms with Crippen molar-refractivity contribution in [2.75, 3.05) is 109 Å². The molecule has 8 amide bonds. The van der Waals surface area contributed by atoms with Crippen molar-refractivity contribution in [2.24, 2.45) is 40.7 Å². The summed E-state index contributed by atoms with van der Waals surface area (Å²) in [6, 6.07) is 20.0. The first-order chi connectivity index (χ1) is 52.8. The number of ether oxygens (including phenoxy) is 8. The van der Waals surface area contributed by atoms with Crippen molar-refractivity contribution in [1.82, 2.24) is 25.8 Å². The first kappa shape index (κ1) is 85.0. The number of hydrogen-bond acceptors (Lipinski definition) is 19. The Hall–Kier alpha value is -9.02. The largest absolute Gasteiger partial charge is 0.445 e. The average Bonchev–Trinajstić information content (AvgIpc) is 1.47. The zero-order valence-electron chi connectivity index (χ0n) is 63.7. The molecule has 2 heterocycles. The van der Waals surface area contributed by atoms with Crippen LogP contribution < -0.4 is 31.9 Å². The molecule has 9 rings (SSSR count). The van der Waals surface area contributed by atoms with E-state index >= 15 is 8.78 Å². The fourth-order valence-corrected chi connectivity index (χ4v) is 15.9. The van der Waals surface area contributed by atoms with E-state index in [1.54, 1.807) is 63.8 Å². The molecule has 27 nitrogen and oxygen atoms in total. The van der Waals surface area contributed by atoms with E-state index in [1.807, 2.05) is 55.5 Å². The Morgan fingerprint density at radius 3 is 2.08 bits per heavy atom. The van der Waals surface area contributed by atoms with Crippen LogP contribution >= 0.6 is 0 Å². The number of nitrogens with zero attached hydrogens (tertiary/aromatic N) is 3. The number of halogens is 2. The normalized spacial score (nSPS) is 23.8. The molecule has 2 aliphatic heterocycles. The molecule has 4 aliphatic carbocycles.